The number of rotatable bonds is 7. The summed E-state index contributed by atoms with van der Waals surface area (Å²) in [5.41, 5.74) is 5.99. The summed E-state index contributed by atoms with van der Waals surface area (Å²) in [6.45, 7) is 3.52. The van der Waals surface area contributed by atoms with E-state index in [4.69, 9.17) is 16.3 Å². The minimum atomic E-state index is -0.296. The highest BCUT2D eigenvalue weighted by Gasteiger charge is 2.10. The highest BCUT2D eigenvalue weighted by molar-refractivity contribution is 6.30. The summed E-state index contributed by atoms with van der Waals surface area (Å²) in [5, 5.41) is 9.54. The smallest absolute Gasteiger partial charge is 0.272 e. The molecule has 4 aromatic carbocycles. The average Bonchev–Trinajstić information content (AvgIpc) is 2.86. The van der Waals surface area contributed by atoms with Gasteiger partial charge < -0.3 is 10.1 Å². The van der Waals surface area contributed by atoms with E-state index in [0.29, 0.717) is 27.7 Å². The van der Waals surface area contributed by atoms with Gasteiger partial charge in [0.15, 0.2) is 6.61 Å². The van der Waals surface area contributed by atoms with E-state index < -0.39 is 0 Å². The molecule has 0 radical (unpaired) electrons. The maximum absolute atomic E-state index is 12.7. The highest BCUT2D eigenvalue weighted by Crippen LogP contribution is 2.22. The van der Waals surface area contributed by atoms with Gasteiger partial charge in [0, 0.05) is 16.3 Å². The fourth-order valence-electron chi connectivity index (χ4n) is 3.62. The molecule has 7 heteroatoms. The summed E-state index contributed by atoms with van der Waals surface area (Å²) in [6.07, 6.45) is 0. The molecule has 6 nitrogen and oxygen atoms in total. The van der Waals surface area contributed by atoms with Crippen molar-refractivity contribution in [2.75, 3.05) is 11.9 Å². The van der Waals surface area contributed by atoms with Gasteiger partial charge in [0.1, 0.15) is 5.75 Å². The summed E-state index contributed by atoms with van der Waals surface area (Å²) in [7, 11) is 0. The minimum Gasteiger partial charge on any atom is -0.483 e. The molecule has 0 spiro atoms. The number of hydrazone groups is 1. The van der Waals surface area contributed by atoms with E-state index in [1.807, 2.05) is 49.4 Å². The van der Waals surface area contributed by atoms with Gasteiger partial charge in [-0.2, -0.15) is 5.10 Å². The van der Waals surface area contributed by atoms with E-state index >= 15 is 0 Å². The molecule has 0 heterocycles. The van der Waals surface area contributed by atoms with Crippen LogP contribution in [0.15, 0.2) is 90.0 Å². The van der Waals surface area contributed by atoms with Crippen molar-refractivity contribution in [2.24, 2.45) is 5.10 Å². The number of amides is 2. The first kappa shape index (κ1) is 24.0. The van der Waals surface area contributed by atoms with Gasteiger partial charge >= 0.3 is 0 Å². The van der Waals surface area contributed by atoms with Crippen molar-refractivity contribution in [3.63, 3.8) is 0 Å². The summed E-state index contributed by atoms with van der Waals surface area (Å²) in [4.78, 5) is 25.1. The second-order valence-corrected chi connectivity index (χ2v) is 8.43. The molecule has 35 heavy (non-hydrogen) atoms. The Morgan fingerprint density at radius 2 is 1.71 bits per heavy atom. The van der Waals surface area contributed by atoms with Crippen LogP contribution in [-0.4, -0.2) is 24.1 Å². The number of nitrogens with zero attached hydrogens (tertiary/aromatic N) is 1. The SMILES string of the molecule is C/C(=N\NC(=O)c1cccc2ccccc12)c1cccc(NC(=O)COc2ccc(Cl)cc2C)c1. The van der Waals surface area contributed by atoms with Crippen molar-refractivity contribution >= 4 is 45.6 Å². The first-order valence-corrected chi connectivity index (χ1v) is 11.4. The minimum absolute atomic E-state index is 0.138. The van der Waals surface area contributed by atoms with Gasteiger partial charge in [-0.15, -0.1) is 0 Å². The van der Waals surface area contributed by atoms with Gasteiger partial charge in [0.25, 0.3) is 11.8 Å². The maximum atomic E-state index is 12.7. The van der Waals surface area contributed by atoms with Crippen molar-refractivity contribution in [2.45, 2.75) is 13.8 Å². The lowest BCUT2D eigenvalue weighted by molar-refractivity contribution is -0.118. The second kappa shape index (κ2) is 10.8. The van der Waals surface area contributed by atoms with Gasteiger partial charge in [-0.05, 0) is 72.1 Å². The summed E-state index contributed by atoms with van der Waals surface area (Å²) < 4.78 is 5.60. The Morgan fingerprint density at radius 3 is 2.54 bits per heavy atom. The van der Waals surface area contributed by atoms with E-state index in [2.05, 4.69) is 15.8 Å². The maximum Gasteiger partial charge on any atom is 0.272 e. The zero-order chi connectivity index (χ0) is 24.8. The van der Waals surface area contributed by atoms with Gasteiger partial charge in [0.05, 0.1) is 5.71 Å². The molecule has 0 aliphatic heterocycles. The fourth-order valence-corrected chi connectivity index (χ4v) is 3.85. The molecule has 0 aromatic heterocycles. The lowest BCUT2D eigenvalue weighted by atomic mass is 10.0. The van der Waals surface area contributed by atoms with Gasteiger partial charge in [-0.3, -0.25) is 9.59 Å². The third-order valence-electron chi connectivity index (χ3n) is 5.42. The number of hydrogen-bond donors (Lipinski definition) is 2. The predicted octanol–water partition coefficient (Wildman–Crippen LogP) is 5.97. The fraction of sp³-hybridized carbons (Fsp3) is 0.107. The molecule has 4 aromatic rings. The standard InChI is InChI=1S/C28H24ClN3O3/c1-18-15-22(29)13-14-26(18)35-17-27(33)30-23-10-5-9-21(16-23)19(2)31-32-28(34)25-12-6-8-20-7-3-4-11-24(20)25/h3-16H,17H2,1-2H3,(H,30,33)(H,32,34)/b31-19+. The largest absolute Gasteiger partial charge is 0.483 e. The number of hydrogen-bond acceptors (Lipinski definition) is 4. The lowest BCUT2D eigenvalue weighted by Crippen LogP contribution is -2.21. The molecule has 2 amide bonds. The van der Waals surface area contributed by atoms with Crippen LogP contribution in [0.3, 0.4) is 0 Å². The van der Waals surface area contributed by atoms with Crippen LogP contribution in [0.1, 0.15) is 28.4 Å². The lowest BCUT2D eigenvalue weighted by Gasteiger charge is -2.11. The van der Waals surface area contributed by atoms with Gasteiger partial charge in [0.2, 0.25) is 0 Å². The number of nitrogens with one attached hydrogen (secondary N) is 2. The van der Waals surface area contributed by atoms with E-state index in [1.165, 1.54) is 0 Å². The number of carbonyl (C=O) groups excluding carboxylic acids is 2. The third-order valence-corrected chi connectivity index (χ3v) is 5.65. The van der Waals surface area contributed by atoms with Crippen LogP contribution in [0.5, 0.6) is 5.75 Å². The molecule has 176 valence electrons. The van der Waals surface area contributed by atoms with Crippen LogP contribution in [0, 0.1) is 6.92 Å². The second-order valence-electron chi connectivity index (χ2n) is 7.99. The molecule has 2 N–H and O–H groups in total. The van der Waals surface area contributed by atoms with Crippen molar-refractivity contribution in [3.8, 4) is 5.75 Å². The molecular weight excluding hydrogens is 462 g/mol. The van der Waals surface area contributed by atoms with Gasteiger partial charge in [-0.1, -0.05) is 60.1 Å². The number of benzene rings is 4. The molecule has 0 saturated carbocycles. The first-order valence-electron chi connectivity index (χ1n) is 11.0. The topological polar surface area (TPSA) is 79.8 Å². The normalized spacial score (nSPS) is 11.2. The number of aryl methyl sites for hydroxylation is 1. The van der Waals surface area contributed by atoms with Crippen LogP contribution in [-0.2, 0) is 4.79 Å². The Bertz CT molecular complexity index is 1430. The van der Waals surface area contributed by atoms with Gasteiger partial charge in [-0.25, -0.2) is 5.43 Å². The van der Waals surface area contributed by atoms with Crippen LogP contribution in [0.25, 0.3) is 10.8 Å². The molecule has 0 aliphatic carbocycles. The quantitative estimate of drug-likeness (QED) is 0.250. The zero-order valence-corrected chi connectivity index (χ0v) is 20.1. The molecule has 0 atom stereocenters. The number of carbonyl (C=O) groups is 2. The van der Waals surface area contributed by atoms with Crippen LogP contribution < -0.4 is 15.5 Å². The molecule has 0 saturated heterocycles. The molecule has 0 bridgehead atoms. The number of fused-ring (bicyclic) bond motifs is 1. The first-order chi connectivity index (χ1) is 16.9. The molecule has 0 unspecified atom stereocenters. The highest BCUT2D eigenvalue weighted by atomic mass is 35.5. The summed E-state index contributed by atoms with van der Waals surface area (Å²) in [6, 6.07) is 25.7. The van der Waals surface area contributed by atoms with Crippen molar-refractivity contribution in [1.29, 1.82) is 0 Å². The molecule has 0 fully saturated rings. The van der Waals surface area contributed by atoms with Crippen LogP contribution >= 0.6 is 11.6 Å². The Balaban J connectivity index is 1.39. The third kappa shape index (κ3) is 6.05. The number of anilines is 1. The van der Waals surface area contributed by atoms with Crippen molar-refractivity contribution in [3.05, 3.63) is 107 Å². The Kier molecular flexibility index (Phi) is 7.43. The summed E-state index contributed by atoms with van der Waals surface area (Å²) in [5.74, 6) is 0.0128. The molecule has 0 aliphatic rings. The van der Waals surface area contributed by atoms with E-state index in [9.17, 15) is 9.59 Å². The van der Waals surface area contributed by atoms with E-state index in [1.54, 1.807) is 49.4 Å². The zero-order valence-electron chi connectivity index (χ0n) is 19.3. The molecule has 4 rings (SSSR count). The monoisotopic (exact) mass is 485 g/mol. The van der Waals surface area contributed by atoms with E-state index in [-0.39, 0.29) is 18.4 Å². The van der Waals surface area contributed by atoms with E-state index in [0.717, 1.165) is 21.9 Å². The molecular formula is C28H24ClN3O3. The Morgan fingerprint density at radius 1 is 0.943 bits per heavy atom. The Hall–Kier alpha value is -4.16. The summed E-state index contributed by atoms with van der Waals surface area (Å²) >= 11 is 5.95. The Labute approximate surface area is 208 Å². The number of halogens is 1. The van der Waals surface area contributed by atoms with Crippen LogP contribution in [0.4, 0.5) is 5.69 Å². The van der Waals surface area contributed by atoms with Crippen molar-refractivity contribution in [1.82, 2.24) is 5.43 Å². The average molecular weight is 486 g/mol. The number of ether oxygens (including phenoxy) is 1. The van der Waals surface area contributed by atoms with Crippen LogP contribution in [0.2, 0.25) is 5.02 Å². The predicted molar refractivity (Wildman–Crippen MR) is 140 cm³/mol. The van der Waals surface area contributed by atoms with Crippen molar-refractivity contribution < 1.29 is 14.3 Å².